The highest BCUT2D eigenvalue weighted by molar-refractivity contribution is 6.14. The van der Waals surface area contributed by atoms with Crippen LogP contribution in [0, 0.1) is 22.7 Å². The number of nitriles is 2. The molecule has 418 valence electrons. The van der Waals surface area contributed by atoms with Crippen LogP contribution in [0.15, 0.2) is 304 Å². The first kappa shape index (κ1) is 52.9. The second kappa shape index (κ2) is 22.3. The first-order chi connectivity index (χ1) is 44.5. The zero-order valence-electron chi connectivity index (χ0n) is 48.4. The van der Waals surface area contributed by atoms with Gasteiger partial charge in [0, 0.05) is 74.1 Å². The van der Waals surface area contributed by atoms with Crippen LogP contribution < -0.4 is 0 Å². The van der Waals surface area contributed by atoms with Gasteiger partial charge in [-0.1, -0.05) is 158 Å². The van der Waals surface area contributed by atoms with E-state index in [4.69, 9.17) is 19.9 Å². The molecule has 0 atom stereocenters. The van der Waals surface area contributed by atoms with Gasteiger partial charge in [0.05, 0.1) is 79.5 Å². The van der Waals surface area contributed by atoms with E-state index in [0.29, 0.717) is 16.7 Å². The first-order valence-corrected chi connectivity index (χ1v) is 29.8. The minimum atomic E-state index is 0.465. The van der Waals surface area contributed by atoms with Crippen molar-refractivity contribution >= 4 is 43.6 Å². The van der Waals surface area contributed by atoms with E-state index in [1.807, 2.05) is 122 Å². The Bertz CT molecular complexity index is 5280. The van der Waals surface area contributed by atoms with E-state index in [1.165, 1.54) is 0 Å². The molecule has 0 aliphatic heterocycles. The number of aromatic nitrogens is 6. The van der Waals surface area contributed by atoms with Crippen LogP contribution in [0.3, 0.4) is 0 Å². The van der Waals surface area contributed by atoms with Crippen LogP contribution in [0.4, 0.5) is 0 Å². The molecule has 0 unspecified atom stereocenters. The number of nitrogens with zero attached hydrogens (tertiary/aromatic N) is 8. The second-order valence-electron chi connectivity index (χ2n) is 22.5. The Hall–Kier alpha value is -12.6. The van der Waals surface area contributed by atoms with Crippen molar-refractivity contribution in [3.8, 4) is 124 Å². The lowest BCUT2D eigenvalue weighted by atomic mass is 9.96. The Kier molecular flexibility index (Phi) is 13.1. The minimum absolute atomic E-state index is 0.465. The Morgan fingerprint density at radius 2 is 0.556 bits per heavy atom. The third-order valence-electron chi connectivity index (χ3n) is 17.2. The summed E-state index contributed by atoms with van der Waals surface area (Å²) in [5, 5.41) is 25.9. The smallest absolute Gasteiger partial charge is 0.0998 e. The average molecular weight is 1150 g/mol. The normalized spacial score (nSPS) is 11.3. The van der Waals surface area contributed by atoms with Gasteiger partial charge >= 0.3 is 0 Å². The van der Waals surface area contributed by atoms with E-state index in [2.05, 4.69) is 197 Å². The molecule has 0 aliphatic carbocycles. The molecular weight excluding hydrogens is 1100 g/mol. The van der Waals surface area contributed by atoms with Crippen molar-refractivity contribution in [2.75, 3.05) is 0 Å². The number of pyridine rings is 4. The fourth-order valence-corrected chi connectivity index (χ4v) is 12.8. The Morgan fingerprint density at radius 3 is 0.878 bits per heavy atom. The van der Waals surface area contributed by atoms with Crippen LogP contribution in [-0.4, -0.2) is 29.1 Å². The number of benzene rings is 10. The Balaban J connectivity index is 0.971. The minimum Gasteiger partial charge on any atom is -0.307 e. The Morgan fingerprint density at radius 1 is 0.244 bits per heavy atom. The van der Waals surface area contributed by atoms with E-state index in [0.717, 1.165) is 150 Å². The van der Waals surface area contributed by atoms with Gasteiger partial charge in [0.2, 0.25) is 0 Å². The van der Waals surface area contributed by atoms with Crippen molar-refractivity contribution in [2.45, 2.75) is 0 Å². The van der Waals surface area contributed by atoms with Gasteiger partial charge in [0.1, 0.15) is 0 Å². The zero-order chi connectivity index (χ0) is 60.1. The second-order valence-corrected chi connectivity index (χ2v) is 22.5. The summed E-state index contributed by atoms with van der Waals surface area (Å²) in [6.07, 6.45) is 7.55. The van der Waals surface area contributed by atoms with Crippen LogP contribution in [0.5, 0.6) is 0 Å². The lowest BCUT2D eigenvalue weighted by Crippen LogP contribution is -2.05. The van der Waals surface area contributed by atoms with Crippen LogP contribution in [0.2, 0.25) is 0 Å². The maximum atomic E-state index is 11.5. The van der Waals surface area contributed by atoms with Crippen LogP contribution in [0.1, 0.15) is 11.1 Å². The molecule has 90 heavy (non-hydrogen) atoms. The molecule has 8 heteroatoms. The van der Waals surface area contributed by atoms with Crippen molar-refractivity contribution < 1.29 is 0 Å². The summed E-state index contributed by atoms with van der Waals surface area (Å²) in [6, 6.07) is 102. The van der Waals surface area contributed by atoms with Gasteiger partial charge in [0.25, 0.3) is 0 Å². The molecule has 0 amide bonds. The molecular formula is C82H50N8. The van der Waals surface area contributed by atoms with Crippen molar-refractivity contribution in [3.63, 3.8) is 0 Å². The maximum Gasteiger partial charge on any atom is 0.0998 e. The molecule has 0 spiro atoms. The third kappa shape index (κ3) is 9.51. The van der Waals surface area contributed by atoms with E-state index in [1.54, 1.807) is 6.07 Å². The van der Waals surface area contributed by atoms with Gasteiger partial charge in [0.15, 0.2) is 0 Å². The molecule has 8 nitrogen and oxygen atoms in total. The number of rotatable bonds is 11. The topological polar surface area (TPSA) is 109 Å². The molecule has 0 aliphatic rings. The molecule has 0 saturated carbocycles. The average Bonchev–Trinajstić information content (AvgIpc) is 1.56. The fraction of sp³-hybridized carbons (Fsp3) is 0. The van der Waals surface area contributed by atoms with Gasteiger partial charge in [-0.3, -0.25) is 19.9 Å². The lowest BCUT2D eigenvalue weighted by molar-refractivity contribution is 1.09. The molecule has 10 aromatic carbocycles. The third-order valence-corrected chi connectivity index (χ3v) is 17.2. The molecule has 16 rings (SSSR count). The highest BCUT2D eigenvalue weighted by atomic mass is 15.1. The largest absolute Gasteiger partial charge is 0.307 e. The highest BCUT2D eigenvalue weighted by Crippen LogP contribution is 2.45. The highest BCUT2D eigenvalue weighted by Gasteiger charge is 2.25. The summed E-state index contributed by atoms with van der Waals surface area (Å²) in [5.41, 5.74) is 24.0. The first-order valence-electron chi connectivity index (χ1n) is 29.8. The van der Waals surface area contributed by atoms with Crippen LogP contribution >= 0.6 is 0 Å². The predicted molar refractivity (Wildman–Crippen MR) is 365 cm³/mol. The molecule has 6 aromatic heterocycles. The lowest BCUT2D eigenvalue weighted by Gasteiger charge is -2.20. The van der Waals surface area contributed by atoms with Gasteiger partial charge < -0.3 is 9.13 Å². The standard InChI is InChI=1S/C82H50N8/c83-51-53-14-13-23-66(40-53)68-50-82(90-79-30-26-60(64-34-38-87-75(47-64)56-19-9-3-10-20-56)43-71(79)72-44-61(27-31-80(72)90)65-35-39-88-76(48-65)57-21-11-4-12-22-57)81(49-67(68)52-84)89-77-28-24-58(62-32-36-85-73(45-62)54-15-5-1-6-16-54)41-69(77)70-42-59(25-29-78(70)89)63-33-37-86-74(46-63)55-17-7-2-8-18-55/h1-50H. The van der Waals surface area contributed by atoms with E-state index in [-0.39, 0.29) is 0 Å². The zero-order valence-corrected chi connectivity index (χ0v) is 48.4. The van der Waals surface area contributed by atoms with Crippen molar-refractivity contribution in [3.05, 3.63) is 315 Å². The SMILES string of the molecule is N#Cc1cccc(-c2cc(-n3c4ccc(-c5ccnc(-c6ccccc6)c5)cc4c4cc(-c5ccnc(-c6ccccc6)c5)ccc43)c(-n3c4ccc(-c5ccnc(-c6ccccc6)c5)cc4c4cc(-c5ccnc(-c6ccccc6)c5)ccc43)cc2C#N)c1. The molecule has 6 heterocycles. The van der Waals surface area contributed by atoms with Crippen molar-refractivity contribution in [1.29, 1.82) is 10.5 Å². The van der Waals surface area contributed by atoms with E-state index < -0.39 is 0 Å². The monoisotopic (exact) mass is 1150 g/mol. The molecule has 16 aromatic rings. The van der Waals surface area contributed by atoms with Crippen LogP contribution in [-0.2, 0) is 0 Å². The summed E-state index contributed by atoms with van der Waals surface area (Å²) in [7, 11) is 0. The summed E-state index contributed by atoms with van der Waals surface area (Å²) < 4.78 is 4.69. The number of hydrogen-bond donors (Lipinski definition) is 0. The van der Waals surface area contributed by atoms with Gasteiger partial charge in [-0.2, -0.15) is 10.5 Å². The molecule has 0 saturated heterocycles. The van der Waals surface area contributed by atoms with E-state index >= 15 is 0 Å². The van der Waals surface area contributed by atoms with Gasteiger partial charge in [-0.25, -0.2) is 0 Å². The fourth-order valence-electron chi connectivity index (χ4n) is 12.8. The number of fused-ring (bicyclic) bond motifs is 6. The maximum absolute atomic E-state index is 11.5. The predicted octanol–water partition coefficient (Wildman–Crippen LogP) is 20.2. The van der Waals surface area contributed by atoms with Crippen LogP contribution in [0.25, 0.3) is 156 Å². The molecule has 0 bridgehead atoms. The quantitative estimate of drug-likeness (QED) is 0.128. The summed E-state index contributed by atoms with van der Waals surface area (Å²) in [4.78, 5) is 19.2. The summed E-state index contributed by atoms with van der Waals surface area (Å²) in [5.74, 6) is 0. The van der Waals surface area contributed by atoms with Gasteiger partial charge in [-0.05, 0) is 171 Å². The van der Waals surface area contributed by atoms with Crippen molar-refractivity contribution in [1.82, 2.24) is 29.1 Å². The molecule has 0 radical (unpaired) electrons. The summed E-state index contributed by atoms with van der Waals surface area (Å²) >= 11 is 0. The Labute approximate surface area is 519 Å². The molecule has 0 N–H and O–H groups in total. The summed E-state index contributed by atoms with van der Waals surface area (Å²) in [6.45, 7) is 0. The number of hydrogen-bond acceptors (Lipinski definition) is 6. The van der Waals surface area contributed by atoms with E-state index in [9.17, 15) is 10.5 Å². The van der Waals surface area contributed by atoms with Crippen molar-refractivity contribution in [2.24, 2.45) is 0 Å². The molecule has 0 fully saturated rings. The van der Waals surface area contributed by atoms with Gasteiger partial charge in [-0.15, -0.1) is 0 Å².